The van der Waals surface area contributed by atoms with Crippen LogP contribution in [0.3, 0.4) is 0 Å². The van der Waals surface area contributed by atoms with Crippen molar-refractivity contribution < 1.29 is 9.18 Å². The molecule has 0 unspecified atom stereocenters. The van der Waals surface area contributed by atoms with Gasteiger partial charge in [-0.3, -0.25) is 4.79 Å². The highest BCUT2D eigenvalue weighted by atomic mass is 35.5. The maximum Gasteiger partial charge on any atom is 0.257 e. The molecule has 1 fully saturated rings. The molecule has 0 radical (unpaired) electrons. The van der Waals surface area contributed by atoms with E-state index in [1.54, 1.807) is 24.4 Å². The van der Waals surface area contributed by atoms with E-state index < -0.39 is 5.82 Å². The maximum absolute atomic E-state index is 13.8. The van der Waals surface area contributed by atoms with Crippen LogP contribution in [0.25, 0.3) is 22.9 Å². The summed E-state index contributed by atoms with van der Waals surface area (Å²) in [5, 5.41) is 5.60. The molecule has 40 heavy (non-hydrogen) atoms. The molecule has 206 valence electrons. The fourth-order valence-electron chi connectivity index (χ4n) is 5.20. The predicted molar refractivity (Wildman–Crippen MR) is 156 cm³/mol. The van der Waals surface area contributed by atoms with Crippen LogP contribution in [0, 0.1) is 5.82 Å². The quantitative estimate of drug-likeness (QED) is 0.308. The van der Waals surface area contributed by atoms with Gasteiger partial charge in [0.2, 0.25) is 0 Å². The molecule has 1 saturated heterocycles. The van der Waals surface area contributed by atoms with Crippen molar-refractivity contribution in [1.82, 2.24) is 29.4 Å². The van der Waals surface area contributed by atoms with Gasteiger partial charge in [-0.25, -0.2) is 24.3 Å². The summed E-state index contributed by atoms with van der Waals surface area (Å²) in [4.78, 5) is 35.4. The van der Waals surface area contributed by atoms with Crippen molar-refractivity contribution >= 4 is 52.1 Å². The van der Waals surface area contributed by atoms with Crippen molar-refractivity contribution in [2.24, 2.45) is 0 Å². The lowest BCUT2D eigenvalue weighted by atomic mass is 9.95. The lowest BCUT2D eigenvalue weighted by Crippen LogP contribution is -2.35. The van der Waals surface area contributed by atoms with Gasteiger partial charge in [0, 0.05) is 55.4 Å². The fourth-order valence-corrected chi connectivity index (χ4v) is 5.95. The molecule has 1 amide bonds. The Morgan fingerprint density at radius 1 is 1.23 bits per heavy atom. The summed E-state index contributed by atoms with van der Waals surface area (Å²) >= 11 is 7.54. The van der Waals surface area contributed by atoms with Crippen molar-refractivity contribution in [2.45, 2.75) is 25.3 Å². The number of carbonyl (C=O) groups excluding carboxylic acids is 1. The van der Waals surface area contributed by atoms with E-state index in [0.29, 0.717) is 11.4 Å². The van der Waals surface area contributed by atoms with Gasteiger partial charge in [-0.05, 0) is 51.2 Å². The number of benzene rings is 1. The van der Waals surface area contributed by atoms with E-state index in [0.717, 1.165) is 72.5 Å². The minimum absolute atomic E-state index is 0.0869. The van der Waals surface area contributed by atoms with Crippen molar-refractivity contribution in [3.05, 3.63) is 69.5 Å². The largest absolute Gasteiger partial charge is 0.356 e. The monoisotopic (exact) mass is 578 g/mol. The Kier molecular flexibility index (Phi) is 7.35. The standard InChI is InChI=1S/C28H28ClFN8OS/c1-36(2)10-11-38-15-22(18-3-4-21(30)20(29)13-18)34-26(38)17-5-8-37(9-6-17)27-24-19(14-23-31-7-12-40-23)28(39)35-25(24)32-16-33-27/h3-4,7,12-17H,5-6,8-11H2,1-2H3,(H,32,33,35,39). The average Bonchev–Trinajstić information content (AvgIpc) is 3.69. The van der Waals surface area contributed by atoms with Crippen LogP contribution in [0.4, 0.5) is 16.0 Å². The van der Waals surface area contributed by atoms with Gasteiger partial charge in [-0.15, -0.1) is 11.3 Å². The highest BCUT2D eigenvalue weighted by Crippen LogP contribution is 2.40. The van der Waals surface area contributed by atoms with Gasteiger partial charge in [-0.1, -0.05) is 11.6 Å². The highest BCUT2D eigenvalue weighted by molar-refractivity contribution is 7.10. The summed E-state index contributed by atoms with van der Waals surface area (Å²) < 4.78 is 16.0. The average molecular weight is 579 g/mol. The number of amides is 1. The minimum atomic E-state index is -0.442. The van der Waals surface area contributed by atoms with Gasteiger partial charge in [0.15, 0.2) is 0 Å². The summed E-state index contributed by atoms with van der Waals surface area (Å²) in [6.45, 7) is 3.17. The topological polar surface area (TPSA) is 92.1 Å². The molecule has 12 heteroatoms. The summed E-state index contributed by atoms with van der Waals surface area (Å²) in [6, 6.07) is 4.73. The van der Waals surface area contributed by atoms with Crippen LogP contribution in [0.15, 0.2) is 42.3 Å². The lowest BCUT2D eigenvalue weighted by molar-refractivity contribution is -0.110. The third-order valence-corrected chi connectivity index (χ3v) is 8.28. The maximum atomic E-state index is 13.8. The molecule has 0 saturated carbocycles. The van der Waals surface area contributed by atoms with Crippen LogP contribution >= 0.6 is 22.9 Å². The number of imidazole rings is 1. The van der Waals surface area contributed by atoms with Crippen LogP contribution in [0.5, 0.6) is 0 Å². The van der Waals surface area contributed by atoms with Crippen molar-refractivity contribution in [3.8, 4) is 11.3 Å². The van der Waals surface area contributed by atoms with E-state index in [4.69, 9.17) is 16.6 Å². The Labute approximate surface area is 240 Å². The number of aromatic nitrogens is 5. The van der Waals surface area contributed by atoms with E-state index in [1.807, 2.05) is 25.7 Å². The smallest absolute Gasteiger partial charge is 0.257 e. The molecule has 9 nitrogen and oxygen atoms in total. The number of hydrogen-bond donors (Lipinski definition) is 1. The van der Waals surface area contributed by atoms with Crippen molar-refractivity contribution in [2.75, 3.05) is 43.9 Å². The van der Waals surface area contributed by atoms with Crippen LogP contribution in [0.2, 0.25) is 5.02 Å². The number of anilines is 2. The number of carbonyl (C=O) groups is 1. The molecule has 0 aliphatic carbocycles. The van der Waals surface area contributed by atoms with E-state index in [1.165, 1.54) is 23.7 Å². The normalized spacial score (nSPS) is 16.7. The summed E-state index contributed by atoms with van der Waals surface area (Å²) in [6.07, 6.45) is 8.80. The molecule has 3 aromatic heterocycles. The molecule has 1 aromatic carbocycles. The zero-order valence-electron chi connectivity index (χ0n) is 22.1. The number of hydrogen-bond acceptors (Lipinski definition) is 8. The zero-order valence-corrected chi connectivity index (χ0v) is 23.7. The van der Waals surface area contributed by atoms with Crippen LogP contribution in [-0.4, -0.2) is 69.0 Å². The zero-order chi connectivity index (χ0) is 27.8. The van der Waals surface area contributed by atoms with Gasteiger partial charge < -0.3 is 19.7 Å². The molecule has 0 bridgehead atoms. The number of piperidine rings is 1. The number of halogens is 2. The van der Waals surface area contributed by atoms with Crippen LogP contribution in [0.1, 0.15) is 35.2 Å². The third-order valence-electron chi connectivity index (χ3n) is 7.26. The number of likely N-dealkylation sites (N-methyl/N-ethyl adjacent to an activating group) is 1. The molecular weight excluding hydrogens is 551 g/mol. The SMILES string of the molecule is CN(C)CCn1cc(-c2ccc(F)c(Cl)c2)nc1C1CCN(c2ncnc3c2C(=Cc2nccs2)C(=O)N3)CC1. The number of fused-ring (bicyclic) bond motifs is 1. The Morgan fingerprint density at radius 3 is 2.77 bits per heavy atom. The van der Waals surface area contributed by atoms with Crippen molar-refractivity contribution in [3.63, 3.8) is 0 Å². The Balaban J connectivity index is 1.26. The highest BCUT2D eigenvalue weighted by Gasteiger charge is 2.33. The van der Waals surface area contributed by atoms with Gasteiger partial charge in [-0.2, -0.15) is 0 Å². The van der Waals surface area contributed by atoms with Crippen molar-refractivity contribution in [1.29, 1.82) is 0 Å². The van der Waals surface area contributed by atoms with Crippen LogP contribution < -0.4 is 10.2 Å². The Morgan fingerprint density at radius 2 is 2.05 bits per heavy atom. The molecule has 4 aromatic rings. The van der Waals surface area contributed by atoms with E-state index in [2.05, 4.69) is 34.6 Å². The number of rotatable bonds is 7. The van der Waals surface area contributed by atoms with E-state index >= 15 is 0 Å². The van der Waals surface area contributed by atoms with Gasteiger partial charge >= 0.3 is 0 Å². The second kappa shape index (κ2) is 11.1. The van der Waals surface area contributed by atoms with E-state index in [9.17, 15) is 9.18 Å². The molecule has 6 rings (SSSR count). The molecule has 0 atom stereocenters. The molecule has 2 aliphatic heterocycles. The summed E-state index contributed by atoms with van der Waals surface area (Å²) in [7, 11) is 4.10. The fraction of sp³-hybridized carbons (Fsp3) is 0.321. The number of thiazole rings is 1. The predicted octanol–water partition coefficient (Wildman–Crippen LogP) is 5.03. The number of nitrogens with one attached hydrogen (secondary N) is 1. The van der Waals surface area contributed by atoms with Gasteiger partial charge in [0.05, 0.1) is 21.9 Å². The summed E-state index contributed by atoms with van der Waals surface area (Å²) in [5.74, 6) is 1.90. The second-order valence-electron chi connectivity index (χ2n) is 10.2. The molecular formula is C28H28ClFN8OS. The first kappa shape index (κ1) is 26.5. The van der Waals surface area contributed by atoms with Crippen LogP contribution in [-0.2, 0) is 11.3 Å². The second-order valence-corrected chi connectivity index (χ2v) is 11.5. The third kappa shape index (κ3) is 5.24. The lowest BCUT2D eigenvalue weighted by Gasteiger charge is -2.33. The van der Waals surface area contributed by atoms with E-state index in [-0.39, 0.29) is 16.8 Å². The first-order valence-electron chi connectivity index (χ1n) is 13.1. The minimum Gasteiger partial charge on any atom is -0.356 e. The number of nitrogens with zero attached hydrogens (tertiary/aromatic N) is 7. The van der Waals surface area contributed by atoms with Gasteiger partial charge in [0.25, 0.3) is 5.91 Å². The molecule has 1 N–H and O–H groups in total. The Hall–Kier alpha value is -3.67. The van der Waals surface area contributed by atoms with Gasteiger partial charge in [0.1, 0.15) is 34.6 Å². The molecule has 0 spiro atoms. The molecule has 5 heterocycles. The first-order chi connectivity index (χ1) is 19.4. The molecule has 2 aliphatic rings. The Bertz CT molecular complexity index is 1580. The summed E-state index contributed by atoms with van der Waals surface area (Å²) in [5.41, 5.74) is 2.84. The first-order valence-corrected chi connectivity index (χ1v) is 14.3.